The fourth-order valence-electron chi connectivity index (χ4n) is 2.71. The van der Waals surface area contributed by atoms with E-state index in [1.165, 1.54) is 7.11 Å². The van der Waals surface area contributed by atoms with Crippen molar-refractivity contribution in [1.29, 1.82) is 0 Å². The molecule has 0 aliphatic carbocycles. The van der Waals surface area contributed by atoms with Crippen LogP contribution in [0.25, 0.3) is 5.65 Å². The number of ether oxygens (including phenoxy) is 1. The van der Waals surface area contributed by atoms with E-state index in [1.807, 2.05) is 12.1 Å². The van der Waals surface area contributed by atoms with Crippen molar-refractivity contribution in [1.82, 2.24) is 19.5 Å². The Morgan fingerprint density at radius 3 is 3.09 bits per heavy atom. The maximum absolute atomic E-state index is 12.3. The van der Waals surface area contributed by atoms with E-state index in [4.69, 9.17) is 4.74 Å². The molecule has 0 spiro atoms. The number of aromatic nitrogens is 3. The van der Waals surface area contributed by atoms with Gasteiger partial charge in [0.15, 0.2) is 5.65 Å². The SMILES string of the molecule is COC1CCCCN(CC(=O)Nc2nnc3ccccn23)C1=O. The normalized spacial score (nSPS) is 18.9. The molecule has 1 aliphatic heterocycles. The number of nitrogens with one attached hydrogen (secondary N) is 1. The molecule has 1 atom stereocenters. The summed E-state index contributed by atoms with van der Waals surface area (Å²) in [6.45, 7) is 0.549. The number of fused-ring (bicyclic) bond motifs is 1. The molecule has 3 heterocycles. The second kappa shape index (κ2) is 6.74. The average Bonchev–Trinajstić information content (AvgIpc) is 2.87. The third kappa shape index (κ3) is 3.31. The Bertz CT molecular complexity index is 714. The summed E-state index contributed by atoms with van der Waals surface area (Å²) in [5.74, 6) is -0.0873. The van der Waals surface area contributed by atoms with Crippen molar-refractivity contribution in [2.45, 2.75) is 25.4 Å². The standard InChI is InChI=1S/C15H19N5O3/c1-23-11-6-2-4-8-19(14(11)22)10-13(21)16-15-18-17-12-7-3-5-9-20(12)15/h3,5,7,9,11H,2,4,6,8,10H2,1H3,(H,16,18,21). The van der Waals surface area contributed by atoms with Gasteiger partial charge in [0.25, 0.3) is 5.91 Å². The van der Waals surface area contributed by atoms with Crippen LogP contribution in [0.1, 0.15) is 19.3 Å². The molecule has 2 aromatic rings. The van der Waals surface area contributed by atoms with E-state index in [0.717, 1.165) is 12.8 Å². The molecule has 0 saturated carbocycles. The Hall–Kier alpha value is -2.48. The summed E-state index contributed by atoms with van der Waals surface area (Å²) < 4.78 is 6.89. The van der Waals surface area contributed by atoms with Gasteiger partial charge in [-0.25, -0.2) is 0 Å². The van der Waals surface area contributed by atoms with Crippen LogP contribution < -0.4 is 5.32 Å². The van der Waals surface area contributed by atoms with Gasteiger partial charge in [0.1, 0.15) is 12.6 Å². The van der Waals surface area contributed by atoms with Crippen molar-refractivity contribution in [3.05, 3.63) is 24.4 Å². The predicted octanol–water partition coefficient (Wildman–Crippen LogP) is 0.695. The Kier molecular flexibility index (Phi) is 4.52. The molecule has 0 bridgehead atoms. The van der Waals surface area contributed by atoms with E-state index in [2.05, 4.69) is 15.5 Å². The van der Waals surface area contributed by atoms with Crippen LogP contribution in [-0.4, -0.2) is 57.6 Å². The smallest absolute Gasteiger partial charge is 0.252 e. The fraction of sp³-hybridized carbons (Fsp3) is 0.467. The Morgan fingerprint density at radius 2 is 2.26 bits per heavy atom. The summed E-state index contributed by atoms with van der Waals surface area (Å²) in [5, 5.41) is 10.6. The zero-order chi connectivity index (χ0) is 16.2. The van der Waals surface area contributed by atoms with Crippen molar-refractivity contribution < 1.29 is 14.3 Å². The molecule has 3 rings (SSSR count). The van der Waals surface area contributed by atoms with E-state index in [-0.39, 0.29) is 18.4 Å². The zero-order valence-corrected chi connectivity index (χ0v) is 12.9. The number of hydrogen-bond acceptors (Lipinski definition) is 5. The van der Waals surface area contributed by atoms with Crippen molar-refractivity contribution in [2.75, 3.05) is 25.5 Å². The molecule has 1 N–H and O–H groups in total. The van der Waals surface area contributed by atoms with Crippen molar-refractivity contribution in [2.24, 2.45) is 0 Å². The summed E-state index contributed by atoms with van der Waals surface area (Å²) >= 11 is 0. The molecule has 1 aliphatic rings. The third-order valence-corrected chi connectivity index (χ3v) is 3.92. The first-order chi connectivity index (χ1) is 11.2. The van der Waals surface area contributed by atoms with E-state index >= 15 is 0 Å². The Labute approximate surface area is 133 Å². The Morgan fingerprint density at radius 1 is 1.39 bits per heavy atom. The number of likely N-dealkylation sites (tertiary alicyclic amines) is 1. The monoisotopic (exact) mass is 317 g/mol. The molecular weight excluding hydrogens is 298 g/mol. The highest BCUT2D eigenvalue weighted by Crippen LogP contribution is 2.14. The molecule has 1 saturated heterocycles. The number of amides is 2. The van der Waals surface area contributed by atoms with Gasteiger partial charge in [-0.2, -0.15) is 0 Å². The van der Waals surface area contributed by atoms with Gasteiger partial charge in [0, 0.05) is 19.9 Å². The second-order valence-electron chi connectivity index (χ2n) is 5.48. The maximum Gasteiger partial charge on any atom is 0.252 e. The van der Waals surface area contributed by atoms with Crippen LogP contribution >= 0.6 is 0 Å². The summed E-state index contributed by atoms with van der Waals surface area (Å²) in [6.07, 6.45) is 3.79. The van der Waals surface area contributed by atoms with Crippen molar-refractivity contribution >= 4 is 23.4 Å². The van der Waals surface area contributed by atoms with Crippen LogP contribution in [0.15, 0.2) is 24.4 Å². The van der Waals surface area contributed by atoms with E-state index in [9.17, 15) is 9.59 Å². The summed E-state index contributed by atoms with van der Waals surface area (Å²) in [6, 6.07) is 5.47. The number of carbonyl (C=O) groups excluding carboxylic acids is 2. The zero-order valence-electron chi connectivity index (χ0n) is 12.9. The number of carbonyl (C=O) groups is 2. The van der Waals surface area contributed by atoms with Gasteiger partial charge in [-0.05, 0) is 31.4 Å². The van der Waals surface area contributed by atoms with Gasteiger partial charge in [0.05, 0.1) is 0 Å². The lowest BCUT2D eigenvalue weighted by Gasteiger charge is -2.22. The summed E-state index contributed by atoms with van der Waals surface area (Å²) in [7, 11) is 1.52. The van der Waals surface area contributed by atoms with Gasteiger partial charge in [-0.15, -0.1) is 10.2 Å². The molecule has 122 valence electrons. The minimum atomic E-state index is -0.459. The second-order valence-corrected chi connectivity index (χ2v) is 5.48. The fourth-order valence-corrected chi connectivity index (χ4v) is 2.71. The number of pyridine rings is 1. The average molecular weight is 317 g/mol. The molecule has 8 heteroatoms. The predicted molar refractivity (Wildman–Crippen MR) is 82.8 cm³/mol. The number of nitrogens with zero attached hydrogens (tertiary/aromatic N) is 4. The molecule has 8 nitrogen and oxygen atoms in total. The summed E-state index contributed by atoms with van der Waals surface area (Å²) in [4.78, 5) is 26.1. The van der Waals surface area contributed by atoms with Crippen LogP contribution in [0.5, 0.6) is 0 Å². The van der Waals surface area contributed by atoms with E-state index < -0.39 is 6.10 Å². The third-order valence-electron chi connectivity index (χ3n) is 3.92. The number of rotatable bonds is 4. The van der Waals surface area contributed by atoms with Gasteiger partial charge in [-0.3, -0.25) is 19.3 Å². The van der Waals surface area contributed by atoms with Crippen LogP contribution in [0.4, 0.5) is 5.95 Å². The molecule has 23 heavy (non-hydrogen) atoms. The van der Waals surface area contributed by atoms with Gasteiger partial charge in [-0.1, -0.05) is 6.07 Å². The van der Waals surface area contributed by atoms with E-state index in [0.29, 0.717) is 24.6 Å². The highest BCUT2D eigenvalue weighted by molar-refractivity contribution is 5.94. The highest BCUT2D eigenvalue weighted by atomic mass is 16.5. The number of anilines is 1. The quantitative estimate of drug-likeness (QED) is 0.896. The summed E-state index contributed by atoms with van der Waals surface area (Å²) in [5.41, 5.74) is 0.646. The van der Waals surface area contributed by atoms with Gasteiger partial charge >= 0.3 is 0 Å². The first kappa shape index (κ1) is 15.4. The minimum Gasteiger partial charge on any atom is -0.372 e. The molecule has 2 aromatic heterocycles. The Balaban J connectivity index is 1.67. The lowest BCUT2D eigenvalue weighted by Crippen LogP contribution is -2.43. The van der Waals surface area contributed by atoms with Crippen molar-refractivity contribution in [3.63, 3.8) is 0 Å². The first-order valence-corrected chi connectivity index (χ1v) is 7.60. The molecule has 1 unspecified atom stereocenters. The first-order valence-electron chi connectivity index (χ1n) is 7.60. The highest BCUT2D eigenvalue weighted by Gasteiger charge is 2.28. The number of hydrogen-bond donors (Lipinski definition) is 1. The van der Waals surface area contributed by atoms with Crippen LogP contribution in [-0.2, 0) is 14.3 Å². The van der Waals surface area contributed by atoms with Gasteiger partial charge < -0.3 is 9.64 Å². The molecule has 0 radical (unpaired) electrons. The molecule has 0 aromatic carbocycles. The van der Waals surface area contributed by atoms with Crippen molar-refractivity contribution in [3.8, 4) is 0 Å². The molecule has 2 amide bonds. The minimum absolute atomic E-state index is 0.0135. The van der Waals surface area contributed by atoms with Crippen LogP contribution in [0, 0.1) is 0 Å². The molecule has 1 fully saturated rings. The lowest BCUT2D eigenvalue weighted by atomic mass is 10.2. The number of methoxy groups -OCH3 is 1. The topological polar surface area (TPSA) is 88.8 Å². The lowest BCUT2D eigenvalue weighted by molar-refractivity contribution is -0.143. The van der Waals surface area contributed by atoms with E-state index in [1.54, 1.807) is 21.6 Å². The maximum atomic E-state index is 12.3. The van der Waals surface area contributed by atoms with Crippen LogP contribution in [0.2, 0.25) is 0 Å². The van der Waals surface area contributed by atoms with Gasteiger partial charge in [0.2, 0.25) is 11.9 Å². The molecular formula is C15H19N5O3. The van der Waals surface area contributed by atoms with Crippen LogP contribution in [0.3, 0.4) is 0 Å². The largest absolute Gasteiger partial charge is 0.372 e.